The van der Waals surface area contributed by atoms with Gasteiger partial charge in [-0.25, -0.2) is 14.2 Å². The molecule has 2 aromatic rings. The van der Waals surface area contributed by atoms with Crippen LogP contribution < -0.4 is 5.43 Å². The van der Waals surface area contributed by atoms with Crippen molar-refractivity contribution in [3.63, 3.8) is 0 Å². The lowest BCUT2D eigenvalue weighted by Gasteiger charge is -2.07. The molecule has 0 aliphatic carbocycles. The highest BCUT2D eigenvalue weighted by Gasteiger charge is 2.13. The monoisotopic (exact) mass is 368 g/mol. The zero-order valence-corrected chi connectivity index (χ0v) is 13.0. The molecule has 0 saturated heterocycles. The van der Waals surface area contributed by atoms with Crippen molar-refractivity contribution in [1.82, 2.24) is 5.43 Å². The zero-order chi connectivity index (χ0) is 16.3. The Morgan fingerprint density at radius 1 is 1.23 bits per heavy atom. The number of phenols is 1. The van der Waals surface area contributed by atoms with Gasteiger partial charge in [0.15, 0.2) is 11.6 Å². The molecule has 114 valence electrons. The number of nitrogens with one attached hydrogen (secondary N) is 1. The van der Waals surface area contributed by atoms with Crippen molar-refractivity contribution >= 4 is 27.5 Å². The number of amides is 1. The molecule has 1 amide bonds. The third kappa shape index (κ3) is 3.48. The van der Waals surface area contributed by atoms with Gasteiger partial charge in [-0.05, 0) is 41.1 Å². The van der Waals surface area contributed by atoms with Crippen molar-refractivity contribution in [3.05, 3.63) is 63.6 Å². The first-order chi connectivity index (χ1) is 10.4. The van der Waals surface area contributed by atoms with Crippen LogP contribution in [0.1, 0.15) is 22.8 Å². The maximum Gasteiger partial charge on any atom is 0.272 e. The average molecular weight is 369 g/mol. The quantitative estimate of drug-likeness (QED) is 0.642. The summed E-state index contributed by atoms with van der Waals surface area (Å²) in [6.07, 6.45) is 0. The van der Waals surface area contributed by atoms with Gasteiger partial charge in [0.1, 0.15) is 5.82 Å². The highest BCUT2D eigenvalue weighted by molar-refractivity contribution is 9.10. The van der Waals surface area contributed by atoms with E-state index < -0.39 is 23.3 Å². The van der Waals surface area contributed by atoms with E-state index in [2.05, 4.69) is 26.5 Å². The number of aromatic hydroxyl groups is 1. The van der Waals surface area contributed by atoms with E-state index in [4.69, 9.17) is 0 Å². The summed E-state index contributed by atoms with van der Waals surface area (Å²) in [6.45, 7) is 1.41. The highest BCUT2D eigenvalue weighted by atomic mass is 79.9. The minimum absolute atomic E-state index is 0.0660. The molecule has 0 bridgehead atoms. The Hall–Kier alpha value is -2.28. The summed E-state index contributed by atoms with van der Waals surface area (Å²) in [5, 5.41) is 13.3. The van der Waals surface area contributed by atoms with Crippen molar-refractivity contribution in [2.24, 2.45) is 5.10 Å². The van der Waals surface area contributed by atoms with Gasteiger partial charge in [-0.1, -0.05) is 12.1 Å². The van der Waals surface area contributed by atoms with Gasteiger partial charge in [-0.2, -0.15) is 5.10 Å². The minimum atomic E-state index is -1.10. The molecule has 2 N–H and O–H groups in total. The Morgan fingerprint density at radius 2 is 1.91 bits per heavy atom. The van der Waals surface area contributed by atoms with Gasteiger partial charge in [0, 0.05) is 16.1 Å². The molecule has 0 heterocycles. The Morgan fingerprint density at radius 3 is 2.59 bits per heavy atom. The topological polar surface area (TPSA) is 61.7 Å². The van der Waals surface area contributed by atoms with E-state index in [9.17, 15) is 18.7 Å². The molecule has 2 aromatic carbocycles. The van der Waals surface area contributed by atoms with E-state index in [1.54, 1.807) is 24.3 Å². The molecule has 0 unspecified atom stereocenters. The first-order valence-electron chi connectivity index (χ1n) is 6.17. The Bertz CT molecular complexity index is 763. The largest absolute Gasteiger partial charge is 0.504 e. The highest BCUT2D eigenvalue weighted by Crippen LogP contribution is 2.23. The number of carbonyl (C=O) groups excluding carboxylic acids is 1. The van der Waals surface area contributed by atoms with Crippen LogP contribution in [-0.4, -0.2) is 16.7 Å². The van der Waals surface area contributed by atoms with E-state index in [0.29, 0.717) is 16.1 Å². The van der Waals surface area contributed by atoms with Crippen LogP contribution >= 0.6 is 15.9 Å². The molecule has 22 heavy (non-hydrogen) atoms. The predicted molar refractivity (Wildman–Crippen MR) is 81.8 cm³/mol. The van der Waals surface area contributed by atoms with Crippen molar-refractivity contribution < 1.29 is 18.7 Å². The number of hydrogen-bond acceptors (Lipinski definition) is 3. The summed E-state index contributed by atoms with van der Waals surface area (Å²) in [4.78, 5) is 12.0. The molecule has 7 heteroatoms. The minimum Gasteiger partial charge on any atom is -0.504 e. The van der Waals surface area contributed by atoms with Crippen LogP contribution in [0, 0.1) is 11.6 Å². The third-order valence-corrected chi connectivity index (χ3v) is 3.55. The van der Waals surface area contributed by atoms with Gasteiger partial charge >= 0.3 is 0 Å². The van der Waals surface area contributed by atoms with Crippen LogP contribution in [0.2, 0.25) is 0 Å². The Labute approximate surface area is 133 Å². The Kier molecular flexibility index (Phi) is 4.87. The summed E-state index contributed by atoms with van der Waals surface area (Å²) < 4.78 is 27.0. The van der Waals surface area contributed by atoms with Crippen LogP contribution in [0.4, 0.5) is 8.78 Å². The smallest absolute Gasteiger partial charge is 0.272 e. The lowest BCUT2D eigenvalue weighted by molar-refractivity contribution is 0.0954. The second kappa shape index (κ2) is 6.65. The Balaban J connectivity index is 2.24. The van der Waals surface area contributed by atoms with Crippen molar-refractivity contribution in [2.75, 3.05) is 0 Å². The van der Waals surface area contributed by atoms with Crippen LogP contribution in [0.15, 0.2) is 46.0 Å². The van der Waals surface area contributed by atoms with Gasteiger partial charge < -0.3 is 5.11 Å². The zero-order valence-electron chi connectivity index (χ0n) is 11.4. The molecule has 0 fully saturated rings. The van der Waals surface area contributed by atoms with Gasteiger partial charge in [0.05, 0.1) is 11.3 Å². The number of carbonyl (C=O) groups is 1. The molecule has 0 aliphatic heterocycles. The standard InChI is InChI=1S/C15H11BrF2N2O2/c1-8(11-6-9(17)7-13(18)14(11)21)19-20-15(22)10-4-2-3-5-12(10)16/h2-7,21H,1H3,(H,20,22). The first-order valence-corrected chi connectivity index (χ1v) is 6.97. The van der Waals surface area contributed by atoms with Crippen LogP contribution in [-0.2, 0) is 0 Å². The molecular formula is C15H11BrF2N2O2. The number of hydrogen-bond donors (Lipinski definition) is 2. The maximum absolute atomic E-state index is 13.3. The number of benzene rings is 2. The molecule has 0 saturated carbocycles. The summed E-state index contributed by atoms with van der Waals surface area (Å²) in [5.74, 6) is -3.17. The first kappa shape index (κ1) is 16.1. The fourth-order valence-electron chi connectivity index (χ4n) is 1.74. The van der Waals surface area contributed by atoms with Gasteiger partial charge in [-0.3, -0.25) is 4.79 Å². The predicted octanol–water partition coefficient (Wildman–Crippen LogP) is 3.59. The van der Waals surface area contributed by atoms with E-state index >= 15 is 0 Å². The lowest BCUT2D eigenvalue weighted by Crippen LogP contribution is -2.19. The van der Waals surface area contributed by atoms with Gasteiger partial charge in [0.25, 0.3) is 5.91 Å². The van der Waals surface area contributed by atoms with E-state index in [-0.39, 0.29) is 11.3 Å². The molecule has 0 atom stereocenters. The number of rotatable bonds is 3. The lowest BCUT2D eigenvalue weighted by atomic mass is 10.1. The van der Waals surface area contributed by atoms with Crippen LogP contribution in [0.3, 0.4) is 0 Å². The summed E-state index contributed by atoms with van der Waals surface area (Å²) in [5.41, 5.74) is 2.55. The normalized spacial score (nSPS) is 11.4. The van der Waals surface area contributed by atoms with Crippen LogP contribution in [0.5, 0.6) is 5.75 Å². The molecule has 2 rings (SSSR count). The molecule has 0 spiro atoms. The third-order valence-electron chi connectivity index (χ3n) is 2.86. The number of phenolic OH excluding ortho intramolecular Hbond substituents is 1. The average Bonchev–Trinajstić information content (AvgIpc) is 2.48. The summed E-state index contributed by atoms with van der Waals surface area (Å²) in [6, 6.07) is 8.21. The number of hydrazone groups is 1. The van der Waals surface area contributed by atoms with Crippen molar-refractivity contribution in [2.45, 2.75) is 6.92 Å². The molecule has 0 radical (unpaired) electrons. The van der Waals surface area contributed by atoms with Gasteiger partial charge in [-0.15, -0.1) is 0 Å². The van der Waals surface area contributed by atoms with Gasteiger partial charge in [0.2, 0.25) is 0 Å². The van der Waals surface area contributed by atoms with E-state index in [1.165, 1.54) is 6.92 Å². The molecule has 0 aromatic heterocycles. The molecule has 4 nitrogen and oxygen atoms in total. The van der Waals surface area contributed by atoms with Crippen molar-refractivity contribution in [1.29, 1.82) is 0 Å². The second-order valence-electron chi connectivity index (χ2n) is 4.40. The van der Waals surface area contributed by atoms with Crippen LogP contribution in [0.25, 0.3) is 0 Å². The summed E-state index contributed by atoms with van der Waals surface area (Å²) >= 11 is 3.23. The maximum atomic E-state index is 13.3. The fourth-order valence-corrected chi connectivity index (χ4v) is 2.21. The number of nitrogens with zero attached hydrogens (tertiary/aromatic N) is 1. The van der Waals surface area contributed by atoms with E-state index in [1.807, 2.05) is 0 Å². The summed E-state index contributed by atoms with van der Waals surface area (Å²) in [7, 11) is 0. The van der Waals surface area contributed by atoms with Crippen molar-refractivity contribution in [3.8, 4) is 5.75 Å². The fraction of sp³-hybridized carbons (Fsp3) is 0.0667. The van der Waals surface area contributed by atoms with E-state index in [0.717, 1.165) is 6.07 Å². The second-order valence-corrected chi connectivity index (χ2v) is 5.26. The SMILES string of the molecule is CC(=NNC(=O)c1ccccc1Br)c1cc(F)cc(F)c1O. The molecular weight excluding hydrogens is 358 g/mol. The molecule has 0 aliphatic rings. The number of halogens is 3.